The van der Waals surface area contributed by atoms with E-state index in [-0.39, 0.29) is 4.21 Å². The molecule has 0 radical (unpaired) electrons. The fourth-order valence-electron chi connectivity index (χ4n) is 1.68. The molecule has 0 amide bonds. The molecule has 2 aromatic rings. The Hall–Kier alpha value is -1.04. The molecule has 0 aliphatic rings. The van der Waals surface area contributed by atoms with E-state index in [1.54, 1.807) is 18.2 Å². The summed E-state index contributed by atoms with van der Waals surface area (Å²) in [5.74, 6) is 0. The number of benzene rings is 1. The van der Waals surface area contributed by atoms with E-state index >= 15 is 0 Å². The molecular formula is C12H12ClNO2S2. The molecule has 0 saturated heterocycles. The summed E-state index contributed by atoms with van der Waals surface area (Å²) >= 11 is 6.78. The molecule has 0 saturated carbocycles. The molecule has 0 aliphatic heterocycles. The van der Waals surface area contributed by atoms with Crippen molar-refractivity contribution in [2.75, 3.05) is 4.72 Å². The highest BCUT2D eigenvalue weighted by molar-refractivity contribution is 7.94. The Morgan fingerprint density at radius 3 is 2.22 bits per heavy atom. The number of sulfonamides is 1. The normalized spacial score (nSPS) is 11.5. The first kappa shape index (κ1) is 13.4. The van der Waals surface area contributed by atoms with Crippen LogP contribution in [0.2, 0.25) is 4.34 Å². The molecule has 1 heterocycles. The van der Waals surface area contributed by atoms with Crippen LogP contribution in [0, 0.1) is 13.8 Å². The fraction of sp³-hybridized carbons (Fsp3) is 0.167. The number of hydrogen-bond acceptors (Lipinski definition) is 3. The average molecular weight is 302 g/mol. The number of hydrogen-bond donors (Lipinski definition) is 1. The van der Waals surface area contributed by atoms with Crippen LogP contribution in [0.15, 0.2) is 34.5 Å². The van der Waals surface area contributed by atoms with E-state index in [0.29, 0.717) is 10.0 Å². The standard InChI is InChI=1S/C12H12ClNO2S2/c1-8-5-9(2)7-10(6-8)14-18(15,16)12-4-3-11(13)17-12/h3-7,14H,1-2H3. The molecule has 96 valence electrons. The van der Waals surface area contributed by atoms with Gasteiger partial charge in [0, 0.05) is 5.69 Å². The Bertz CT molecular complexity index is 657. The molecule has 0 aliphatic carbocycles. The van der Waals surface area contributed by atoms with Crippen molar-refractivity contribution in [3.05, 3.63) is 45.8 Å². The second kappa shape index (κ2) is 4.91. The highest BCUT2D eigenvalue weighted by Gasteiger charge is 2.16. The number of rotatable bonds is 3. The van der Waals surface area contributed by atoms with Gasteiger partial charge in [-0.15, -0.1) is 11.3 Å². The van der Waals surface area contributed by atoms with E-state index in [2.05, 4.69) is 4.72 Å². The highest BCUT2D eigenvalue weighted by Crippen LogP contribution is 2.27. The average Bonchev–Trinajstić information content (AvgIpc) is 2.62. The molecule has 0 bridgehead atoms. The van der Waals surface area contributed by atoms with Crippen molar-refractivity contribution in [2.24, 2.45) is 0 Å². The van der Waals surface area contributed by atoms with Crippen molar-refractivity contribution in [1.29, 1.82) is 0 Å². The van der Waals surface area contributed by atoms with Gasteiger partial charge in [-0.25, -0.2) is 8.42 Å². The third-order valence-electron chi connectivity index (χ3n) is 2.29. The topological polar surface area (TPSA) is 46.2 Å². The first-order chi connectivity index (χ1) is 8.37. The third kappa shape index (κ3) is 3.04. The lowest BCUT2D eigenvalue weighted by Crippen LogP contribution is -2.11. The van der Waals surface area contributed by atoms with Crippen LogP contribution in [0.4, 0.5) is 5.69 Å². The predicted octanol–water partition coefficient (Wildman–Crippen LogP) is 3.82. The van der Waals surface area contributed by atoms with Crippen LogP contribution in [0.25, 0.3) is 0 Å². The number of anilines is 1. The smallest absolute Gasteiger partial charge is 0.271 e. The maximum absolute atomic E-state index is 12.1. The summed E-state index contributed by atoms with van der Waals surface area (Å²) in [6.45, 7) is 3.85. The SMILES string of the molecule is Cc1cc(C)cc(NS(=O)(=O)c2ccc(Cl)s2)c1. The summed E-state index contributed by atoms with van der Waals surface area (Å²) in [6, 6.07) is 8.64. The molecule has 1 aromatic carbocycles. The minimum absolute atomic E-state index is 0.214. The minimum Gasteiger partial charge on any atom is -0.279 e. The number of nitrogens with one attached hydrogen (secondary N) is 1. The van der Waals surface area contributed by atoms with Gasteiger partial charge in [0.15, 0.2) is 0 Å². The molecule has 0 spiro atoms. The molecular weight excluding hydrogens is 290 g/mol. The van der Waals surface area contributed by atoms with Gasteiger partial charge in [-0.1, -0.05) is 17.7 Å². The van der Waals surface area contributed by atoms with Gasteiger partial charge in [-0.3, -0.25) is 4.72 Å². The maximum atomic E-state index is 12.1. The molecule has 1 aromatic heterocycles. The van der Waals surface area contributed by atoms with Crippen LogP contribution in [-0.4, -0.2) is 8.42 Å². The van der Waals surface area contributed by atoms with Gasteiger partial charge in [-0.05, 0) is 49.2 Å². The van der Waals surface area contributed by atoms with Crippen molar-refractivity contribution < 1.29 is 8.42 Å². The van der Waals surface area contributed by atoms with Crippen LogP contribution >= 0.6 is 22.9 Å². The van der Waals surface area contributed by atoms with E-state index in [4.69, 9.17) is 11.6 Å². The molecule has 0 fully saturated rings. The van der Waals surface area contributed by atoms with Gasteiger partial charge in [0.1, 0.15) is 4.21 Å². The second-order valence-corrected chi connectivity index (χ2v) is 7.66. The summed E-state index contributed by atoms with van der Waals surface area (Å²) in [6.07, 6.45) is 0. The van der Waals surface area contributed by atoms with Gasteiger partial charge in [0.05, 0.1) is 4.34 Å². The monoisotopic (exact) mass is 301 g/mol. The minimum atomic E-state index is -3.54. The van der Waals surface area contributed by atoms with Crippen molar-refractivity contribution in [1.82, 2.24) is 0 Å². The van der Waals surface area contributed by atoms with E-state index in [1.165, 1.54) is 6.07 Å². The lowest BCUT2D eigenvalue weighted by Gasteiger charge is -2.08. The summed E-state index contributed by atoms with van der Waals surface area (Å²) in [4.78, 5) is 0. The van der Waals surface area contributed by atoms with E-state index in [1.807, 2.05) is 19.9 Å². The molecule has 1 N–H and O–H groups in total. The van der Waals surface area contributed by atoms with Gasteiger partial charge >= 0.3 is 0 Å². The quantitative estimate of drug-likeness (QED) is 0.937. The number of thiophene rings is 1. The first-order valence-corrected chi connectivity index (χ1v) is 7.91. The van der Waals surface area contributed by atoms with Crippen molar-refractivity contribution in [2.45, 2.75) is 18.1 Å². The van der Waals surface area contributed by atoms with Crippen molar-refractivity contribution in [3.8, 4) is 0 Å². The van der Waals surface area contributed by atoms with Gasteiger partial charge in [-0.2, -0.15) is 0 Å². The lowest BCUT2D eigenvalue weighted by atomic mass is 10.1. The third-order valence-corrected chi connectivity index (χ3v) is 5.39. The lowest BCUT2D eigenvalue weighted by molar-refractivity contribution is 0.603. The van der Waals surface area contributed by atoms with Gasteiger partial charge in [0.25, 0.3) is 10.0 Å². The second-order valence-electron chi connectivity index (χ2n) is 4.04. The van der Waals surface area contributed by atoms with Crippen LogP contribution in [0.3, 0.4) is 0 Å². The van der Waals surface area contributed by atoms with E-state index in [9.17, 15) is 8.42 Å². The Morgan fingerprint density at radius 1 is 1.11 bits per heavy atom. The Balaban J connectivity index is 2.33. The summed E-state index contributed by atoms with van der Waals surface area (Å²) < 4.78 is 27.4. The van der Waals surface area contributed by atoms with E-state index in [0.717, 1.165) is 22.5 Å². The molecule has 3 nitrogen and oxygen atoms in total. The zero-order chi connectivity index (χ0) is 13.3. The largest absolute Gasteiger partial charge is 0.279 e. The molecule has 6 heteroatoms. The zero-order valence-electron chi connectivity index (χ0n) is 9.90. The van der Waals surface area contributed by atoms with Crippen molar-refractivity contribution >= 4 is 38.6 Å². The Morgan fingerprint density at radius 2 is 1.72 bits per heavy atom. The Labute approximate surface area is 115 Å². The van der Waals surface area contributed by atoms with Gasteiger partial charge < -0.3 is 0 Å². The number of halogens is 1. The summed E-state index contributed by atoms with van der Waals surface area (Å²) in [5, 5.41) is 0. The van der Waals surface area contributed by atoms with Crippen LogP contribution in [-0.2, 0) is 10.0 Å². The predicted molar refractivity (Wildman–Crippen MR) is 76.1 cm³/mol. The van der Waals surface area contributed by atoms with E-state index < -0.39 is 10.0 Å². The molecule has 2 rings (SSSR count). The van der Waals surface area contributed by atoms with Crippen LogP contribution in [0.5, 0.6) is 0 Å². The fourth-order valence-corrected chi connectivity index (χ4v) is 4.20. The zero-order valence-corrected chi connectivity index (χ0v) is 12.3. The highest BCUT2D eigenvalue weighted by atomic mass is 35.5. The van der Waals surface area contributed by atoms with Crippen LogP contribution in [0.1, 0.15) is 11.1 Å². The number of aryl methyl sites for hydroxylation is 2. The molecule has 0 unspecified atom stereocenters. The molecule has 0 atom stereocenters. The first-order valence-electron chi connectivity index (χ1n) is 5.23. The van der Waals surface area contributed by atoms with Crippen molar-refractivity contribution in [3.63, 3.8) is 0 Å². The van der Waals surface area contributed by atoms with Crippen LogP contribution < -0.4 is 4.72 Å². The Kier molecular flexibility index (Phi) is 3.66. The molecule has 18 heavy (non-hydrogen) atoms. The summed E-state index contributed by atoms with van der Waals surface area (Å²) in [7, 11) is -3.54. The van der Waals surface area contributed by atoms with Gasteiger partial charge in [0.2, 0.25) is 0 Å². The maximum Gasteiger partial charge on any atom is 0.271 e. The summed E-state index contributed by atoms with van der Waals surface area (Å²) in [5.41, 5.74) is 2.59.